The van der Waals surface area contributed by atoms with Crippen LogP contribution in [0.25, 0.3) is 0 Å². The Bertz CT molecular complexity index is 734. The minimum Gasteiger partial charge on any atom is -0.486 e. The molecule has 0 aromatic heterocycles. The number of likely N-dealkylation sites (N-methyl/N-ethyl adjacent to an activating group) is 1. The summed E-state index contributed by atoms with van der Waals surface area (Å²) >= 11 is 0. The van der Waals surface area contributed by atoms with Crippen LogP contribution in [0.15, 0.2) is 54.6 Å². The van der Waals surface area contributed by atoms with Crippen LogP contribution in [-0.4, -0.2) is 42.5 Å². The van der Waals surface area contributed by atoms with Crippen LogP contribution < -0.4 is 4.74 Å². The highest BCUT2D eigenvalue weighted by atomic mass is 16.6. The van der Waals surface area contributed by atoms with E-state index in [0.717, 1.165) is 5.56 Å². The second kappa shape index (κ2) is 10.3. The first kappa shape index (κ1) is 20.4. The van der Waals surface area contributed by atoms with E-state index in [9.17, 15) is 14.9 Å². The lowest BCUT2D eigenvalue weighted by Crippen LogP contribution is -2.29. The van der Waals surface area contributed by atoms with Crippen LogP contribution in [0.4, 0.5) is 5.69 Å². The lowest BCUT2D eigenvalue weighted by Gasteiger charge is -2.23. The standard InChI is InChI=1S/C20H24N2O5/c1-3-26-20(23)15-21(2)14-13-19(16-7-5-4-6-8-16)27-18-11-9-17(10-12-18)22(24)25/h4-12,19H,3,13-15H2,1-2H3. The Labute approximate surface area is 158 Å². The van der Waals surface area contributed by atoms with Crippen molar-refractivity contribution in [2.75, 3.05) is 26.7 Å². The number of nitro benzene ring substituents is 1. The van der Waals surface area contributed by atoms with Crippen LogP contribution in [0, 0.1) is 10.1 Å². The topological polar surface area (TPSA) is 81.9 Å². The van der Waals surface area contributed by atoms with Gasteiger partial charge in [-0.25, -0.2) is 0 Å². The van der Waals surface area contributed by atoms with Gasteiger partial charge in [-0.3, -0.25) is 19.8 Å². The number of ether oxygens (including phenoxy) is 2. The van der Waals surface area contributed by atoms with Crippen molar-refractivity contribution in [3.63, 3.8) is 0 Å². The van der Waals surface area contributed by atoms with Gasteiger partial charge in [-0.2, -0.15) is 0 Å². The van der Waals surface area contributed by atoms with Crippen molar-refractivity contribution >= 4 is 11.7 Å². The third kappa shape index (κ3) is 6.71. The second-order valence-electron chi connectivity index (χ2n) is 6.10. The number of nitro groups is 1. The highest BCUT2D eigenvalue weighted by Crippen LogP contribution is 2.26. The molecule has 0 aliphatic heterocycles. The van der Waals surface area contributed by atoms with Crippen molar-refractivity contribution in [3.8, 4) is 5.75 Å². The van der Waals surface area contributed by atoms with E-state index in [0.29, 0.717) is 25.3 Å². The van der Waals surface area contributed by atoms with E-state index < -0.39 is 4.92 Å². The van der Waals surface area contributed by atoms with Crippen LogP contribution >= 0.6 is 0 Å². The van der Waals surface area contributed by atoms with Gasteiger partial charge in [0.15, 0.2) is 0 Å². The molecule has 0 fully saturated rings. The van der Waals surface area contributed by atoms with E-state index in [1.807, 2.05) is 42.3 Å². The number of benzene rings is 2. The van der Waals surface area contributed by atoms with Crippen LogP contribution in [0.1, 0.15) is 25.0 Å². The maximum absolute atomic E-state index is 11.6. The zero-order valence-electron chi connectivity index (χ0n) is 15.5. The third-order valence-corrected chi connectivity index (χ3v) is 3.97. The summed E-state index contributed by atoms with van der Waals surface area (Å²) in [6.45, 7) is 2.99. The molecule has 2 aromatic carbocycles. The number of carbonyl (C=O) groups is 1. The van der Waals surface area contributed by atoms with Crippen molar-refractivity contribution in [2.24, 2.45) is 0 Å². The molecule has 27 heavy (non-hydrogen) atoms. The SMILES string of the molecule is CCOC(=O)CN(C)CCC(Oc1ccc([N+](=O)[O-])cc1)c1ccccc1. The molecule has 0 spiro atoms. The Morgan fingerprint density at radius 3 is 2.41 bits per heavy atom. The van der Waals surface area contributed by atoms with Gasteiger partial charge in [0.05, 0.1) is 18.1 Å². The third-order valence-electron chi connectivity index (χ3n) is 3.97. The average Bonchev–Trinajstić information content (AvgIpc) is 2.66. The van der Waals surface area contributed by atoms with Gasteiger partial charge >= 0.3 is 5.97 Å². The molecule has 0 aliphatic carbocycles. The number of hydrogen-bond acceptors (Lipinski definition) is 6. The van der Waals surface area contributed by atoms with Gasteiger partial charge < -0.3 is 9.47 Å². The molecule has 7 nitrogen and oxygen atoms in total. The van der Waals surface area contributed by atoms with Gasteiger partial charge in [-0.15, -0.1) is 0 Å². The summed E-state index contributed by atoms with van der Waals surface area (Å²) in [7, 11) is 1.85. The number of nitrogens with zero attached hydrogens (tertiary/aromatic N) is 2. The fourth-order valence-corrected chi connectivity index (χ4v) is 2.62. The van der Waals surface area contributed by atoms with Gasteiger partial charge in [0, 0.05) is 25.1 Å². The number of hydrogen-bond donors (Lipinski definition) is 0. The Hall–Kier alpha value is -2.93. The summed E-state index contributed by atoms with van der Waals surface area (Å²) in [5.74, 6) is 0.301. The molecule has 2 rings (SSSR count). The van der Waals surface area contributed by atoms with Crippen LogP contribution in [-0.2, 0) is 9.53 Å². The summed E-state index contributed by atoms with van der Waals surface area (Å²) in [6.07, 6.45) is 0.411. The van der Waals surface area contributed by atoms with Gasteiger partial charge in [0.2, 0.25) is 0 Å². The van der Waals surface area contributed by atoms with Crippen LogP contribution in [0.3, 0.4) is 0 Å². The normalized spacial score (nSPS) is 11.8. The molecule has 0 aliphatic rings. The summed E-state index contributed by atoms with van der Waals surface area (Å²) in [6, 6.07) is 15.8. The maximum Gasteiger partial charge on any atom is 0.320 e. The molecule has 1 unspecified atom stereocenters. The van der Waals surface area contributed by atoms with Crippen molar-refractivity contribution in [1.82, 2.24) is 4.90 Å². The predicted molar refractivity (Wildman–Crippen MR) is 102 cm³/mol. The van der Waals surface area contributed by atoms with Crippen molar-refractivity contribution < 1.29 is 19.2 Å². The zero-order valence-corrected chi connectivity index (χ0v) is 15.5. The lowest BCUT2D eigenvalue weighted by atomic mass is 10.1. The molecule has 1 atom stereocenters. The monoisotopic (exact) mass is 372 g/mol. The fourth-order valence-electron chi connectivity index (χ4n) is 2.62. The van der Waals surface area contributed by atoms with Crippen molar-refractivity contribution in [3.05, 3.63) is 70.3 Å². The van der Waals surface area contributed by atoms with E-state index in [2.05, 4.69) is 0 Å². The first-order valence-electron chi connectivity index (χ1n) is 8.79. The summed E-state index contributed by atoms with van der Waals surface area (Å²) < 4.78 is 11.0. The predicted octanol–water partition coefficient (Wildman–Crippen LogP) is 3.60. The van der Waals surface area contributed by atoms with Crippen LogP contribution in [0.2, 0.25) is 0 Å². The van der Waals surface area contributed by atoms with E-state index in [1.54, 1.807) is 19.1 Å². The quantitative estimate of drug-likeness (QED) is 0.360. The smallest absolute Gasteiger partial charge is 0.320 e. The molecule has 0 saturated heterocycles. The van der Waals surface area contributed by atoms with Crippen LogP contribution in [0.5, 0.6) is 5.75 Å². The Kier molecular flexibility index (Phi) is 7.76. The molecule has 0 saturated carbocycles. The number of esters is 1. The Morgan fingerprint density at radius 1 is 1.15 bits per heavy atom. The molecule has 0 radical (unpaired) electrons. The highest BCUT2D eigenvalue weighted by Gasteiger charge is 2.16. The molecule has 0 amide bonds. The highest BCUT2D eigenvalue weighted by molar-refractivity contribution is 5.71. The van der Waals surface area contributed by atoms with E-state index >= 15 is 0 Å². The molecular formula is C20H24N2O5. The molecule has 0 bridgehead atoms. The fraction of sp³-hybridized carbons (Fsp3) is 0.350. The van der Waals surface area contributed by atoms with E-state index in [-0.39, 0.29) is 24.3 Å². The largest absolute Gasteiger partial charge is 0.486 e. The molecule has 0 N–H and O–H groups in total. The molecule has 144 valence electrons. The number of non-ortho nitro benzene ring substituents is 1. The summed E-state index contributed by atoms with van der Waals surface area (Å²) in [4.78, 5) is 23.8. The second-order valence-corrected chi connectivity index (χ2v) is 6.10. The van der Waals surface area contributed by atoms with Gasteiger partial charge in [0.25, 0.3) is 5.69 Å². The number of carbonyl (C=O) groups excluding carboxylic acids is 1. The summed E-state index contributed by atoms with van der Waals surface area (Å²) in [5, 5.41) is 10.8. The molecule has 7 heteroatoms. The van der Waals surface area contributed by atoms with Crippen molar-refractivity contribution in [1.29, 1.82) is 0 Å². The zero-order chi connectivity index (χ0) is 19.6. The lowest BCUT2D eigenvalue weighted by molar-refractivity contribution is -0.384. The first-order valence-corrected chi connectivity index (χ1v) is 8.79. The molecular weight excluding hydrogens is 348 g/mol. The Morgan fingerprint density at radius 2 is 1.81 bits per heavy atom. The molecule has 0 heterocycles. The van der Waals surface area contributed by atoms with E-state index in [1.165, 1.54) is 12.1 Å². The Balaban J connectivity index is 2.03. The van der Waals surface area contributed by atoms with Gasteiger partial charge in [-0.1, -0.05) is 30.3 Å². The average molecular weight is 372 g/mol. The summed E-state index contributed by atoms with van der Waals surface area (Å²) in [5.41, 5.74) is 1.02. The molecule has 2 aromatic rings. The van der Waals surface area contributed by atoms with Gasteiger partial charge in [0.1, 0.15) is 11.9 Å². The minimum absolute atomic E-state index is 0.0211. The first-order chi connectivity index (χ1) is 13.0. The minimum atomic E-state index is -0.442. The van der Waals surface area contributed by atoms with E-state index in [4.69, 9.17) is 9.47 Å². The maximum atomic E-state index is 11.6. The van der Waals surface area contributed by atoms with Gasteiger partial charge in [-0.05, 0) is 31.7 Å². The van der Waals surface area contributed by atoms with Crippen molar-refractivity contribution in [2.45, 2.75) is 19.4 Å². The number of rotatable bonds is 10.